The zero-order valence-corrected chi connectivity index (χ0v) is 17.7. The minimum atomic E-state index is -0.904. The van der Waals surface area contributed by atoms with Crippen molar-refractivity contribution in [1.82, 2.24) is 0 Å². The van der Waals surface area contributed by atoms with Crippen LogP contribution in [0.4, 0.5) is 0 Å². The lowest BCUT2D eigenvalue weighted by atomic mass is 9.99. The first-order chi connectivity index (χ1) is 12.6. The molecule has 0 saturated carbocycles. The minimum Gasteiger partial charge on any atom is -0.481 e. The predicted molar refractivity (Wildman–Crippen MR) is 112 cm³/mol. The maximum atomic E-state index is 10.4. The van der Waals surface area contributed by atoms with Gasteiger partial charge in [0.15, 0.2) is 0 Å². The summed E-state index contributed by atoms with van der Waals surface area (Å²) in [7, 11) is 0. The van der Waals surface area contributed by atoms with E-state index in [-0.39, 0.29) is 6.42 Å². The molecule has 2 unspecified atom stereocenters. The van der Waals surface area contributed by atoms with Crippen molar-refractivity contribution in [2.75, 3.05) is 0 Å². The summed E-state index contributed by atoms with van der Waals surface area (Å²) in [4.78, 5) is 10.4. The Morgan fingerprint density at radius 3 is 1.38 bits per heavy atom. The van der Waals surface area contributed by atoms with Crippen LogP contribution in [0.1, 0.15) is 129 Å². The SMILES string of the molecule is CCC(C)CCCCCCCCCCCCCCCCC(O)CC(=O)O. The van der Waals surface area contributed by atoms with Crippen molar-refractivity contribution in [3.63, 3.8) is 0 Å². The Morgan fingerprint density at radius 2 is 1.04 bits per heavy atom. The minimum absolute atomic E-state index is 0.113. The molecule has 0 aliphatic heterocycles. The average Bonchev–Trinajstić information content (AvgIpc) is 2.60. The zero-order valence-electron chi connectivity index (χ0n) is 17.7. The number of hydrogen-bond acceptors (Lipinski definition) is 2. The molecule has 0 bridgehead atoms. The number of aliphatic hydroxyl groups is 1. The van der Waals surface area contributed by atoms with E-state index in [0.29, 0.717) is 6.42 Å². The van der Waals surface area contributed by atoms with E-state index in [1.807, 2.05) is 0 Å². The van der Waals surface area contributed by atoms with Crippen molar-refractivity contribution < 1.29 is 15.0 Å². The Hall–Kier alpha value is -0.570. The maximum absolute atomic E-state index is 10.4. The highest BCUT2D eigenvalue weighted by Gasteiger charge is 2.08. The molecule has 3 nitrogen and oxygen atoms in total. The number of aliphatic hydroxyl groups excluding tert-OH is 1. The average molecular weight is 371 g/mol. The first-order valence-electron chi connectivity index (χ1n) is 11.5. The third-order valence-corrected chi connectivity index (χ3v) is 5.59. The van der Waals surface area contributed by atoms with Gasteiger partial charge in [-0.15, -0.1) is 0 Å². The van der Waals surface area contributed by atoms with Gasteiger partial charge in [0.2, 0.25) is 0 Å². The molecular weight excluding hydrogens is 324 g/mol. The molecule has 0 heterocycles. The van der Waals surface area contributed by atoms with Crippen LogP contribution in [-0.2, 0) is 4.79 Å². The Balaban J connectivity index is 3.10. The topological polar surface area (TPSA) is 57.5 Å². The monoisotopic (exact) mass is 370 g/mol. The summed E-state index contributed by atoms with van der Waals surface area (Å²) in [5, 5.41) is 18.1. The van der Waals surface area contributed by atoms with Gasteiger partial charge < -0.3 is 10.2 Å². The summed E-state index contributed by atoms with van der Waals surface area (Å²) >= 11 is 0. The fourth-order valence-electron chi connectivity index (χ4n) is 3.50. The molecule has 0 radical (unpaired) electrons. The summed E-state index contributed by atoms with van der Waals surface area (Å²) in [5.41, 5.74) is 0. The molecule has 0 saturated heterocycles. The summed E-state index contributed by atoms with van der Waals surface area (Å²) < 4.78 is 0. The molecule has 0 rings (SSSR count). The van der Waals surface area contributed by atoms with Crippen LogP contribution in [0.25, 0.3) is 0 Å². The highest BCUT2D eigenvalue weighted by atomic mass is 16.4. The number of carboxylic acids is 1. The standard InChI is InChI=1S/C23H46O3/c1-3-21(2)18-16-14-12-10-8-6-4-5-7-9-11-13-15-17-19-22(24)20-23(25)26/h21-22,24H,3-20H2,1-2H3,(H,25,26). The van der Waals surface area contributed by atoms with Crippen LogP contribution in [0.15, 0.2) is 0 Å². The molecule has 156 valence electrons. The van der Waals surface area contributed by atoms with Crippen molar-refractivity contribution in [2.24, 2.45) is 5.92 Å². The molecular formula is C23H46O3. The zero-order chi connectivity index (χ0) is 19.5. The van der Waals surface area contributed by atoms with Gasteiger partial charge in [-0.3, -0.25) is 4.79 Å². The molecule has 0 aromatic carbocycles. The number of unbranched alkanes of at least 4 members (excludes halogenated alkanes) is 13. The molecule has 3 heteroatoms. The largest absolute Gasteiger partial charge is 0.481 e. The Bertz CT molecular complexity index is 304. The second-order valence-electron chi connectivity index (χ2n) is 8.29. The van der Waals surface area contributed by atoms with E-state index in [2.05, 4.69) is 13.8 Å². The smallest absolute Gasteiger partial charge is 0.305 e. The van der Waals surface area contributed by atoms with Gasteiger partial charge in [0.05, 0.1) is 12.5 Å². The van der Waals surface area contributed by atoms with E-state index >= 15 is 0 Å². The van der Waals surface area contributed by atoms with Crippen molar-refractivity contribution >= 4 is 5.97 Å². The van der Waals surface area contributed by atoms with Crippen LogP contribution in [0.2, 0.25) is 0 Å². The molecule has 0 aliphatic rings. The number of rotatable bonds is 20. The lowest BCUT2D eigenvalue weighted by molar-refractivity contribution is -0.139. The van der Waals surface area contributed by atoms with Crippen LogP contribution < -0.4 is 0 Å². The Kier molecular flexibility index (Phi) is 18.8. The summed E-state index contributed by atoms with van der Waals surface area (Å²) in [6, 6.07) is 0. The third kappa shape index (κ3) is 19.8. The predicted octanol–water partition coefficient (Wildman–Crippen LogP) is 7.11. The normalized spacial score (nSPS) is 13.7. The van der Waals surface area contributed by atoms with Crippen LogP contribution in [0, 0.1) is 5.92 Å². The molecule has 0 aromatic rings. The van der Waals surface area contributed by atoms with Gasteiger partial charge in [0.1, 0.15) is 0 Å². The van der Waals surface area contributed by atoms with Crippen LogP contribution >= 0.6 is 0 Å². The van der Waals surface area contributed by atoms with Gasteiger partial charge in [-0.1, -0.05) is 117 Å². The van der Waals surface area contributed by atoms with Gasteiger partial charge in [0, 0.05) is 0 Å². The number of carbonyl (C=O) groups is 1. The first-order valence-corrected chi connectivity index (χ1v) is 11.5. The third-order valence-electron chi connectivity index (χ3n) is 5.59. The summed E-state index contributed by atoms with van der Waals surface area (Å²) in [6.07, 6.45) is 21.2. The molecule has 0 aliphatic carbocycles. The van der Waals surface area contributed by atoms with E-state index in [1.54, 1.807) is 0 Å². The lowest BCUT2D eigenvalue weighted by Gasteiger charge is -2.07. The molecule has 0 fully saturated rings. The lowest BCUT2D eigenvalue weighted by Crippen LogP contribution is -2.12. The molecule has 26 heavy (non-hydrogen) atoms. The van der Waals surface area contributed by atoms with E-state index < -0.39 is 12.1 Å². The molecule has 0 spiro atoms. The highest BCUT2D eigenvalue weighted by Crippen LogP contribution is 2.16. The number of hydrogen-bond donors (Lipinski definition) is 2. The summed E-state index contributed by atoms with van der Waals surface area (Å²) in [6.45, 7) is 4.66. The second kappa shape index (κ2) is 19.2. The fraction of sp³-hybridized carbons (Fsp3) is 0.957. The number of aliphatic carboxylic acids is 1. The van der Waals surface area contributed by atoms with Gasteiger partial charge in [-0.05, 0) is 12.3 Å². The molecule has 0 aromatic heterocycles. The van der Waals surface area contributed by atoms with Crippen molar-refractivity contribution in [3.05, 3.63) is 0 Å². The maximum Gasteiger partial charge on any atom is 0.305 e. The first kappa shape index (κ1) is 25.4. The van der Waals surface area contributed by atoms with E-state index in [4.69, 9.17) is 5.11 Å². The van der Waals surface area contributed by atoms with Crippen molar-refractivity contribution in [3.8, 4) is 0 Å². The molecule has 0 amide bonds. The van der Waals surface area contributed by atoms with Crippen molar-refractivity contribution in [1.29, 1.82) is 0 Å². The van der Waals surface area contributed by atoms with Gasteiger partial charge in [-0.25, -0.2) is 0 Å². The summed E-state index contributed by atoms with van der Waals surface area (Å²) in [5.74, 6) is 0.0117. The van der Waals surface area contributed by atoms with Crippen LogP contribution in [-0.4, -0.2) is 22.3 Å². The molecule has 2 N–H and O–H groups in total. The quantitative estimate of drug-likeness (QED) is 0.224. The van der Waals surface area contributed by atoms with Crippen LogP contribution in [0.5, 0.6) is 0 Å². The molecule has 2 atom stereocenters. The van der Waals surface area contributed by atoms with E-state index in [0.717, 1.165) is 18.8 Å². The van der Waals surface area contributed by atoms with Gasteiger partial charge in [0.25, 0.3) is 0 Å². The Labute approximate surface area is 163 Å². The second-order valence-corrected chi connectivity index (χ2v) is 8.29. The Morgan fingerprint density at radius 1 is 0.692 bits per heavy atom. The van der Waals surface area contributed by atoms with Crippen molar-refractivity contribution in [2.45, 2.75) is 136 Å². The van der Waals surface area contributed by atoms with Crippen LogP contribution in [0.3, 0.4) is 0 Å². The van der Waals surface area contributed by atoms with E-state index in [1.165, 1.54) is 89.9 Å². The van der Waals surface area contributed by atoms with Gasteiger partial charge in [-0.2, -0.15) is 0 Å². The van der Waals surface area contributed by atoms with E-state index in [9.17, 15) is 9.90 Å². The fourth-order valence-corrected chi connectivity index (χ4v) is 3.50. The number of carboxylic acid groups (broad SMARTS) is 1. The van der Waals surface area contributed by atoms with Gasteiger partial charge >= 0.3 is 5.97 Å². The highest BCUT2D eigenvalue weighted by molar-refractivity contribution is 5.67.